The van der Waals surface area contributed by atoms with Crippen LogP contribution in [0.3, 0.4) is 0 Å². The summed E-state index contributed by atoms with van der Waals surface area (Å²) in [6.07, 6.45) is 1.05. The van der Waals surface area contributed by atoms with Crippen LogP contribution in [-0.4, -0.2) is 31.3 Å². The molecule has 3 nitrogen and oxygen atoms in total. The summed E-state index contributed by atoms with van der Waals surface area (Å²) in [7, 11) is 0. The van der Waals surface area contributed by atoms with Crippen LogP contribution in [0.4, 0.5) is 5.69 Å². The third-order valence-electron chi connectivity index (χ3n) is 3.54. The smallest absolute Gasteiger partial charge is 0.0723 e. The zero-order valence-electron chi connectivity index (χ0n) is 11.9. The van der Waals surface area contributed by atoms with Crippen molar-refractivity contribution in [2.24, 2.45) is 5.73 Å². The molecule has 1 fully saturated rings. The van der Waals surface area contributed by atoms with Crippen molar-refractivity contribution >= 4 is 17.3 Å². The fourth-order valence-corrected chi connectivity index (χ4v) is 2.83. The van der Waals surface area contributed by atoms with Crippen LogP contribution in [0.2, 0.25) is 5.02 Å². The average molecular weight is 283 g/mol. The highest BCUT2D eigenvalue weighted by Crippen LogP contribution is 2.31. The molecule has 1 aromatic carbocycles. The van der Waals surface area contributed by atoms with Crippen molar-refractivity contribution in [2.75, 3.05) is 18.1 Å². The molecule has 3 atom stereocenters. The normalized spacial score (nSPS) is 25.4. The molecule has 0 aromatic heterocycles. The first-order valence-corrected chi connectivity index (χ1v) is 7.28. The molecule has 0 bridgehead atoms. The van der Waals surface area contributed by atoms with Crippen molar-refractivity contribution in [3.63, 3.8) is 0 Å². The standard InChI is InChI=1S/C15H23ClN2O/c1-10(17)7-13-14(16)5-4-6-15(13)18-8-12(3)19-9-11(18)2/h4-6,10-12H,7-9,17H2,1-3H3. The second-order valence-electron chi connectivity index (χ2n) is 5.56. The van der Waals surface area contributed by atoms with E-state index in [-0.39, 0.29) is 12.1 Å². The maximum Gasteiger partial charge on any atom is 0.0723 e. The van der Waals surface area contributed by atoms with Crippen LogP contribution in [0.15, 0.2) is 18.2 Å². The van der Waals surface area contributed by atoms with Gasteiger partial charge in [-0.25, -0.2) is 0 Å². The molecule has 0 saturated carbocycles. The average Bonchev–Trinajstić information content (AvgIpc) is 2.34. The Labute approximate surface area is 120 Å². The molecular formula is C15H23ClN2O. The van der Waals surface area contributed by atoms with E-state index < -0.39 is 0 Å². The third kappa shape index (κ3) is 3.41. The topological polar surface area (TPSA) is 38.5 Å². The molecule has 106 valence electrons. The van der Waals surface area contributed by atoms with Gasteiger partial charge in [0.2, 0.25) is 0 Å². The Bertz CT molecular complexity index is 436. The SMILES string of the molecule is CC(N)Cc1c(Cl)cccc1N1CC(C)OCC1C. The van der Waals surface area contributed by atoms with E-state index in [1.54, 1.807) is 0 Å². The van der Waals surface area contributed by atoms with E-state index in [1.165, 1.54) is 5.69 Å². The number of halogens is 1. The predicted molar refractivity (Wildman–Crippen MR) is 81.0 cm³/mol. The van der Waals surface area contributed by atoms with E-state index in [1.807, 2.05) is 19.1 Å². The highest BCUT2D eigenvalue weighted by atomic mass is 35.5. The maximum absolute atomic E-state index is 6.36. The highest BCUT2D eigenvalue weighted by molar-refractivity contribution is 6.31. The molecule has 19 heavy (non-hydrogen) atoms. The van der Waals surface area contributed by atoms with Gasteiger partial charge in [-0.3, -0.25) is 0 Å². The lowest BCUT2D eigenvalue weighted by Crippen LogP contribution is -2.48. The van der Waals surface area contributed by atoms with E-state index in [2.05, 4.69) is 24.8 Å². The number of anilines is 1. The fraction of sp³-hybridized carbons (Fsp3) is 0.600. The molecule has 1 heterocycles. The van der Waals surface area contributed by atoms with Crippen LogP contribution in [0.1, 0.15) is 26.3 Å². The van der Waals surface area contributed by atoms with Gasteiger partial charge in [-0.05, 0) is 44.9 Å². The Morgan fingerprint density at radius 3 is 2.89 bits per heavy atom. The maximum atomic E-state index is 6.36. The van der Waals surface area contributed by atoms with Gasteiger partial charge in [0.25, 0.3) is 0 Å². The first-order valence-electron chi connectivity index (χ1n) is 6.90. The first kappa shape index (κ1) is 14.6. The van der Waals surface area contributed by atoms with Crippen molar-refractivity contribution < 1.29 is 4.74 Å². The van der Waals surface area contributed by atoms with Gasteiger partial charge in [0.15, 0.2) is 0 Å². The summed E-state index contributed by atoms with van der Waals surface area (Å²) in [4.78, 5) is 2.39. The molecule has 1 aliphatic heterocycles. The molecule has 3 unspecified atom stereocenters. The first-order chi connectivity index (χ1) is 8.99. The molecule has 1 aromatic rings. The fourth-order valence-electron chi connectivity index (χ4n) is 2.58. The Morgan fingerprint density at radius 2 is 2.21 bits per heavy atom. The lowest BCUT2D eigenvalue weighted by Gasteiger charge is -2.39. The molecule has 2 N–H and O–H groups in total. The number of nitrogens with zero attached hydrogens (tertiary/aromatic N) is 1. The van der Waals surface area contributed by atoms with Crippen molar-refractivity contribution in [3.8, 4) is 0 Å². The van der Waals surface area contributed by atoms with Crippen molar-refractivity contribution in [2.45, 2.75) is 45.4 Å². The van der Waals surface area contributed by atoms with Crippen LogP contribution in [-0.2, 0) is 11.2 Å². The van der Waals surface area contributed by atoms with Crippen LogP contribution in [0.25, 0.3) is 0 Å². The number of nitrogens with two attached hydrogens (primary N) is 1. The van der Waals surface area contributed by atoms with Crippen LogP contribution < -0.4 is 10.6 Å². The summed E-state index contributed by atoms with van der Waals surface area (Å²) in [6.45, 7) is 7.95. The van der Waals surface area contributed by atoms with Gasteiger partial charge in [0.1, 0.15) is 0 Å². The number of ether oxygens (including phenoxy) is 1. The van der Waals surface area contributed by atoms with Crippen molar-refractivity contribution in [1.29, 1.82) is 0 Å². The molecule has 2 rings (SSSR count). The van der Waals surface area contributed by atoms with Crippen LogP contribution in [0, 0.1) is 0 Å². The monoisotopic (exact) mass is 282 g/mol. The minimum atomic E-state index is 0.104. The molecule has 0 aliphatic carbocycles. The summed E-state index contributed by atoms with van der Waals surface area (Å²) < 4.78 is 5.69. The molecular weight excluding hydrogens is 260 g/mol. The van der Waals surface area contributed by atoms with Crippen molar-refractivity contribution in [3.05, 3.63) is 28.8 Å². The molecule has 0 radical (unpaired) electrons. The predicted octanol–water partition coefficient (Wildman–Crippen LogP) is 2.84. The largest absolute Gasteiger partial charge is 0.375 e. The Morgan fingerprint density at radius 1 is 1.47 bits per heavy atom. The van der Waals surface area contributed by atoms with Crippen LogP contribution in [0.5, 0.6) is 0 Å². The zero-order chi connectivity index (χ0) is 14.0. The minimum absolute atomic E-state index is 0.104. The molecule has 0 spiro atoms. The number of hydrogen-bond acceptors (Lipinski definition) is 3. The van der Waals surface area contributed by atoms with Crippen LogP contribution >= 0.6 is 11.6 Å². The quantitative estimate of drug-likeness (QED) is 0.926. The third-order valence-corrected chi connectivity index (χ3v) is 3.89. The lowest BCUT2D eigenvalue weighted by molar-refractivity contribution is 0.0343. The summed E-state index contributed by atoms with van der Waals surface area (Å²) in [5, 5.41) is 0.807. The Kier molecular flexibility index (Phi) is 4.71. The summed E-state index contributed by atoms with van der Waals surface area (Å²) in [6, 6.07) is 6.55. The molecule has 1 saturated heterocycles. The van der Waals surface area contributed by atoms with Gasteiger partial charge in [-0.1, -0.05) is 17.7 Å². The van der Waals surface area contributed by atoms with E-state index in [9.17, 15) is 0 Å². The number of hydrogen-bond donors (Lipinski definition) is 1. The van der Waals surface area contributed by atoms with E-state index in [4.69, 9.17) is 22.1 Å². The number of rotatable bonds is 3. The van der Waals surface area contributed by atoms with Gasteiger partial charge >= 0.3 is 0 Å². The van der Waals surface area contributed by atoms with Gasteiger partial charge in [-0.15, -0.1) is 0 Å². The van der Waals surface area contributed by atoms with Gasteiger partial charge in [-0.2, -0.15) is 0 Å². The molecule has 0 amide bonds. The Hall–Kier alpha value is -0.770. The van der Waals surface area contributed by atoms with Gasteiger partial charge in [0.05, 0.1) is 12.7 Å². The zero-order valence-corrected chi connectivity index (χ0v) is 12.7. The highest BCUT2D eigenvalue weighted by Gasteiger charge is 2.26. The summed E-state index contributed by atoms with van der Waals surface area (Å²) in [5.74, 6) is 0. The second-order valence-corrected chi connectivity index (χ2v) is 5.97. The van der Waals surface area contributed by atoms with E-state index >= 15 is 0 Å². The second kappa shape index (κ2) is 6.12. The minimum Gasteiger partial charge on any atom is -0.375 e. The molecule has 4 heteroatoms. The van der Waals surface area contributed by atoms with E-state index in [0.29, 0.717) is 6.04 Å². The summed E-state index contributed by atoms with van der Waals surface area (Å²) >= 11 is 6.36. The van der Waals surface area contributed by atoms with Crippen molar-refractivity contribution in [1.82, 2.24) is 0 Å². The number of benzene rings is 1. The summed E-state index contributed by atoms with van der Waals surface area (Å²) in [5.41, 5.74) is 8.31. The number of morpholine rings is 1. The van der Waals surface area contributed by atoms with Gasteiger partial charge < -0.3 is 15.4 Å². The lowest BCUT2D eigenvalue weighted by atomic mass is 10.0. The van der Waals surface area contributed by atoms with E-state index in [0.717, 1.165) is 30.2 Å². The Balaban J connectivity index is 2.34. The van der Waals surface area contributed by atoms with Gasteiger partial charge in [0, 0.05) is 29.3 Å². The molecule has 1 aliphatic rings.